The van der Waals surface area contributed by atoms with E-state index >= 15 is 0 Å². The number of hydrogen-bond donors (Lipinski definition) is 2. The highest BCUT2D eigenvalue weighted by molar-refractivity contribution is 7.99. The largest absolute Gasteiger partial charge is 0.360 e. The zero-order chi connectivity index (χ0) is 33.9. The Morgan fingerprint density at radius 1 is 1.04 bits per heavy atom. The average Bonchev–Trinajstić information content (AvgIpc) is 3.99. The van der Waals surface area contributed by atoms with Gasteiger partial charge in [0.25, 0.3) is 5.91 Å². The van der Waals surface area contributed by atoms with E-state index < -0.39 is 0 Å². The number of rotatable bonds is 10. The quantitative estimate of drug-likeness (QED) is 0.138. The normalized spacial score (nSPS) is 21.7. The second-order valence-electron chi connectivity index (χ2n) is 14.1. The van der Waals surface area contributed by atoms with Crippen molar-refractivity contribution in [2.75, 3.05) is 4.90 Å². The van der Waals surface area contributed by atoms with Gasteiger partial charge in [-0.15, -0.1) is 0 Å². The highest BCUT2D eigenvalue weighted by Crippen LogP contribution is 2.47. The minimum atomic E-state index is -0.0555. The summed E-state index contributed by atoms with van der Waals surface area (Å²) in [6, 6.07) is 20.6. The SMILES string of the molecule is CC1CC(NCc2c(-c3c(Cl)cccc3Cl)noc2C2CC2)CC(C)N1c1nc2cc(-c3ccccc3)c(C(=O)NSC3(C)CC3)cc2s1. The Balaban J connectivity index is 1.02. The van der Waals surface area contributed by atoms with Gasteiger partial charge < -0.3 is 14.7 Å². The molecule has 1 amide bonds. The Labute approximate surface area is 305 Å². The first-order chi connectivity index (χ1) is 23.7. The average molecular weight is 733 g/mol. The van der Waals surface area contributed by atoms with Gasteiger partial charge in [0.1, 0.15) is 11.5 Å². The molecule has 0 bridgehead atoms. The lowest BCUT2D eigenvalue weighted by atomic mass is 9.92. The second-order valence-corrected chi connectivity index (χ2v) is 17.3. The summed E-state index contributed by atoms with van der Waals surface area (Å²) in [5.41, 5.74) is 6.06. The van der Waals surface area contributed by atoms with E-state index in [0.717, 1.165) is 87.6 Å². The van der Waals surface area contributed by atoms with Crippen molar-refractivity contribution in [1.82, 2.24) is 20.2 Å². The van der Waals surface area contributed by atoms with Crippen molar-refractivity contribution in [2.45, 2.75) is 94.6 Å². The van der Waals surface area contributed by atoms with Crippen LogP contribution in [0.5, 0.6) is 0 Å². The molecule has 0 spiro atoms. The number of piperidine rings is 1. The lowest BCUT2D eigenvalue weighted by molar-refractivity contribution is 0.0985. The van der Waals surface area contributed by atoms with E-state index in [1.807, 2.05) is 42.5 Å². The number of hydrogen-bond acceptors (Lipinski definition) is 8. The lowest BCUT2D eigenvalue weighted by Gasteiger charge is -2.43. The Morgan fingerprint density at radius 3 is 2.43 bits per heavy atom. The summed E-state index contributed by atoms with van der Waals surface area (Å²) < 4.78 is 10.2. The van der Waals surface area contributed by atoms with Gasteiger partial charge in [-0.2, -0.15) is 0 Å². The molecule has 8 rings (SSSR count). The minimum Gasteiger partial charge on any atom is -0.360 e. The van der Waals surface area contributed by atoms with Gasteiger partial charge in [0.15, 0.2) is 5.13 Å². The van der Waals surface area contributed by atoms with Crippen molar-refractivity contribution in [3.8, 4) is 22.4 Å². The van der Waals surface area contributed by atoms with Crippen LogP contribution in [0, 0.1) is 0 Å². The Hall–Kier alpha value is -3.08. The molecule has 11 heteroatoms. The fraction of sp³-hybridized carbons (Fsp3) is 0.395. The monoisotopic (exact) mass is 731 g/mol. The maximum atomic E-state index is 13.6. The number of amides is 1. The van der Waals surface area contributed by atoms with Gasteiger partial charge in [-0.05, 0) is 107 Å². The number of thiazole rings is 1. The van der Waals surface area contributed by atoms with Crippen LogP contribution in [0.4, 0.5) is 5.13 Å². The number of carbonyl (C=O) groups is 1. The highest BCUT2D eigenvalue weighted by atomic mass is 35.5. The molecule has 5 aromatic rings. The summed E-state index contributed by atoms with van der Waals surface area (Å²) in [7, 11) is 0. The number of nitrogens with one attached hydrogen (secondary N) is 2. The van der Waals surface area contributed by atoms with Crippen molar-refractivity contribution >= 4 is 67.7 Å². The Morgan fingerprint density at radius 2 is 1.76 bits per heavy atom. The summed E-state index contributed by atoms with van der Waals surface area (Å²) >= 11 is 16.4. The second kappa shape index (κ2) is 13.2. The van der Waals surface area contributed by atoms with Gasteiger partial charge in [0, 0.05) is 52.0 Å². The zero-order valence-electron chi connectivity index (χ0n) is 27.8. The molecule has 0 radical (unpaired) electrons. The molecular formula is C38H39Cl2N5O2S2. The molecule has 2 atom stereocenters. The fourth-order valence-electron chi connectivity index (χ4n) is 7.07. The van der Waals surface area contributed by atoms with Crippen LogP contribution in [-0.2, 0) is 6.54 Å². The smallest absolute Gasteiger partial charge is 0.261 e. The van der Waals surface area contributed by atoms with Gasteiger partial charge in [-0.3, -0.25) is 9.52 Å². The van der Waals surface area contributed by atoms with Crippen molar-refractivity contribution < 1.29 is 9.32 Å². The molecule has 1 aliphatic heterocycles. The summed E-state index contributed by atoms with van der Waals surface area (Å²) in [4.78, 5) is 21.2. The van der Waals surface area contributed by atoms with Gasteiger partial charge in [0.2, 0.25) is 0 Å². The van der Waals surface area contributed by atoms with Crippen LogP contribution in [0.2, 0.25) is 10.0 Å². The third kappa shape index (κ3) is 6.73. The van der Waals surface area contributed by atoms with E-state index in [1.165, 1.54) is 0 Å². The first-order valence-electron chi connectivity index (χ1n) is 17.1. The third-order valence-electron chi connectivity index (χ3n) is 10.1. The van der Waals surface area contributed by atoms with Gasteiger partial charge in [-0.25, -0.2) is 4.98 Å². The predicted octanol–water partition coefficient (Wildman–Crippen LogP) is 10.3. The summed E-state index contributed by atoms with van der Waals surface area (Å²) in [6.07, 6.45) is 6.41. The Kier molecular flexibility index (Phi) is 8.94. The summed E-state index contributed by atoms with van der Waals surface area (Å²) in [5, 5.41) is 10.5. The zero-order valence-corrected chi connectivity index (χ0v) is 30.9. The van der Waals surface area contributed by atoms with E-state index in [1.54, 1.807) is 23.3 Å². The van der Waals surface area contributed by atoms with Gasteiger partial charge in [0.05, 0.1) is 20.3 Å². The van der Waals surface area contributed by atoms with Crippen LogP contribution in [0.3, 0.4) is 0 Å². The van der Waals surface area contributed by atoms with E-state index in [9.17, 15) is 4.79 Å². The topological polar surface area (TPSA) is 83.3 Å². The molecule has 7 nitrogen and oxygen atoms in total. The predicted molar refractivity (Wildman–Crippen MR) is 203 cm³/mol. The molecule has 2 unspecified atom stereocenters. The van der Waals surface area contributed by atoms with Crippen LogP contribution in [-0.4, -0.2) is 38.9 Å². The molecule has 2 aliphatic carbocycles. The molecule has 2 saturated carbocycles. The minimum absolute atomic E-state index is 0.0555. The van der Waals surface area contributed by atoms with Crippen LogP contribution in [0.1, 0.15) is 86.9 Å². The fourth-order valence-corrected chi connectivity index (χ4v) is 9.59. The number of nitrogens with zero attached hydrogens (tertiary/aromatic N) is 3. The van der Waals surface area contributed by atoms with E-state index in [4.69, 9.17) is 32.7 Å². The molecule has 3 fully saturated rings. The van der Waals surface area contributed by atoms with Gasteiger partial charge in [-0.1, -0.05) is 76.1 Å². The molecule has 1 saturated heterocycles. The first kappa shape index (κ1) is 33.1. The highest BCUT2D eigenvalue weighted by Gasteiger charge is 2.39. The number of aromatic nitrogens is 2. The molecule has 3 aromatic carbocycles. The number of anilines is 1. The number of fused-ring (bicyclic) bond motifs is 1. The molecule has 3 aliphatic rings. The van der Waals surface area contributed by atoms with Crippen LogP contribution < -0.4 is 14.9 Å². The van der Waals surface area contributed by atoms with Crippen LogP contribution in [0.15, 0.2) is 65.2 Å². The number of halogens is 2. The van der Waals surface area contributed by atoms with Crippen molar-refractivity contribution in [3.63, 3.8) is 0 Å². The van der Waals surface area contributed by atoms with Crippen molar-refractivity contribution in [2.24, 2.45) is 0 Å². The standard InChI is InChI=1S/C38H39Cl2N5O2S2/c1-21-16-25(41-20-28-34(43-47-35(28)24-12-13-24)33-29(39)10-7-11-30(33)40)17-22(2)45(21)37-42-31-18-26(23-8-5-4-6-9-23)27(19-32(31)48-37)36(46)44-49-38(3)14-15-38/h4-11,18-19,21-22,24-25,41H,12-17,20H2,1-3H3,(H,44,46). The molecule has 2 aromatic heterocycles. The summed E-state index contributed by atoms with van der Waals surface area (Å²) in [6.45, 7) is 7.40. The summed E-state index contributed by atoms with van der Waals surface area (Å²) in [5.74, 6) is 1.31. The molecule has 3 heterocycles. The van der Waals surface area contributed by atoms with E-state index in [2.05, 4.69) is 59.1 Å². The first-order valence-corrected chi connectivity index (χ1v) is 19.5. The molecular weight excluding hydrogens is 693 g/mol. The van der Waals surface area contributed by atoms with Gasteiger partial charge >= 0.3 is 0 Å². The molecule has 49 heavy (non-hydrogen) atoms. The maximum absolute atomic E-state index is 13.6. The van der Waals surface area contributed by atoms with Crippen molar-refractivity contribution in [1.29, 1.82) is 0 Å². The number of carbonyl (C=O) groups excluding carboxylic acids is 1. The Bertz CT molecular complexity index is 1990. The molecule has 2 N–H and O–H groups in total. The maximum Gasteiger partial charge on any atom is 0.261 e. The van der Waals surface area contributed by atoms with Crippen molar-refractivity contribution in [3.05, 3.63) is 87.6 Å². The third-order valence-corrected chi connectivity index (χ3v) is 13.0. The lowest BCUT2D eigenvalue weighted by Crippen LogP contribution is -2.52. The van der Waals surface area contributed by atoms with Crippen LogP contribution in [0.25, 0.3) is 32.6 Å². The van der Waals surface area contributed by atoms with Crippen LogP contribution >= 0.6 is 46.5 Å². The van der Waals surface area contributed by atoms with E-state index in [0.29, 0.717) is 34.1 Å². The number of benzene rings is 3. The van der Waals surface area contributed by atoms with E-state index in [-0.39, 0.29) is 22.7 Å². The molecule has 254 valence electrons.